The number of hydrogen-bond donors (Lipinski definition) is 1. The highest BCUT2D eigenvalue weighted by Gasteiger charge is 2.45. The highest BCUT2D eigenvalue weighted by molar-refractivity contribution is 6.24. The van der Waals surface area contributed by atoms with Crippen LogP contribution in [0.15, 0.2) is 61.1 Å². The maximum Gasteiger partial charge on any atom is 0.264 e. The monoisotopic (exact) mass is 452 g/mol. The van der Waals surface area contributed by atoms with Crippen molar-refractivity contribution in [2.45, 2.75) is 18.9 Å². The Kier molecular flexibility index (Phi) is 4.34. The molecule has 2 aromatic heterocycles. The average molecular weight is 452 g/mol. The van der Waals surface area contributed by atoms with E-state index >= 15 is 0 Å². The Balaban J connectivity index is 1.41. The van der Waals surface area contributed by atoms with Crippen molar-refractivity contribution >= 4 is 34.4 Å². The molecular weight excluding hydrogens is 436 g/mol. The number of carbonyl (C=O) groups is 4. The van der Waals surface area contributed by atoms with E-state index < -0.39 is 29.7 Å². The van der Waals surface area contributed by atoms with Crippen molar-refractivity contribution in [1.29, 1.82) is 0 Å². The zero-order chi connectivity index (χ0) is 23.4. The number of amides is 4. The number of imide groups is 2. The molecule has 1 saturated heterocycles. The van der Waals surface area contributed by atoms with Gasteiger partial charge in [0.25, 0.3) is 11.8 Å². The Morgan fingerprint density at radius 3 is 2.62 bits per heavy atom. The third kappa shape index (κ3) is 2.92. The summed E-state index contributed by atoms with van der Waals surface area (Å²) in [6.07, 6.45) is 5.30. The minimum Gasteiger partial charge on any atom is -0.295 e. The fourth-order valence-electron chi connectivity index (χ4n) is 4.53. The highest BCUT2D eigenvalue weighted by Crippen LogP contribution is 2.32. The van der Waals surface area contributed by atoms with Crippen LogP contribution < -0.4 is 5.32 Å². The van der Waals surface area contributed by atoms with E-state index in [4.69, 9.17) is 0 Å². The smallest absolute Gasteiger partial charge is 0.264 e. The average Bonchev–Trinajstić information content (AvgIpc) is 3.43. The molecule has 1 atom stereocenters. The molecule has 1 fully saturated rings. The van der Waals surface area contributed by atoms with Crippen LogP contribution in [0.25, 0.3) is 27.7 Å². The number of aromatic nitrogens is 4. The lowest BCUT2D eigenvalue weighted by Gasteiger charge is -2.27. The highest BCUT2D eigenvalue weighted by atomic mass is 16.2. The topological polar surface area (TPSA) is 127 Å². The molecule has 166 valence electrons. The number of nitrogens with one attached hydrogen (secondary N) is 1. The van der Waals surface area contributed by atoms with Crippen LogP contribution in [0.4, 0.5) is 0 Å². The van der Waals surface area contributed by atoms with E-state index in [2.05, 4.69) is 20.6 Å². The summed E-state index contributed by atoms with van der Waals surface area (Å²) < 4.78 is 1.45. The van der Waals surface area contributed by atoms with Gasteiger partial charge < -0.3 is 0 Å². The third-order valence-corrected chi connectivity index (χ3v) is 6.15. The van der Waals surface area contributed by atoms with Crippen LogP contribution in [0.1, 0.15) is 33.6 Å². The van der Waals surface area contributed by atoms with Crippen molar-refractivity contribution in [3.05, 3.63) is 72.2 Å². The van der Waals surface area contributed by atoms with Gasteiger partial charge in [-0.3, -0.25) is 34.4 Å². The van der Waals surface area contributed by atoms with Gasteiger partial charge in [-0.05, 0) is 30.0 Å². The molecule has 1 unspecified atom stereocenters. The molecule has 0 saturated carbocycles. The number of hydrogen-bond acceptors (Lipinski definition) is 7. The van der Waals surface area contributed by atoms with Crippen LogP contribution in [0.3, 0.4) is 0 Å². The maximum absolute atomic E-state index is 13.3. The maximum atomic E-state index is 13.3. The summed E-state index contributed by atoms with van der Waals surface area (Å²) >= 11 is 0. The number of fused-ring (bicyclic) bond motifs is 2. The van der Waals surface area contributed by atoms with Crippen molar-refractivity contribution in [3.63, 3.8) is 0 Å². The second-order valence-corrected chi connectivity index (χ2v) is 8.10. The van der Waals surface area contributed by atoms with Crippen molar-refractivity contribution in [2.75, 3.05) is 0 Å². The van der Waals surface area contributed by atoms with Gasteiger partial charge in [0.1, 0.15) is 11.7 Å². The van der Waals surface area contributed by atoms with Crippen molar-refractivity contribution in [1.82, 2.24) is 30.2 Å². The van der Waals surface area contributed by atoms with Crippen molar-refractivity contribution < 1.29 is 19.2 Å². The molecule has 0 aliphatic carbocycles. The van der Waals surface area contributed by atoms with E-state index in [0.717, 1.165) is 21.2 Å². The fourth-order valence-corrected chi connectivity index (χ4v) is 4.53. The van der Waals surface area contributed by atoms with Crippen LogP contribution in [-0.4, -0.2) is 54.5 Å². The first kappa shape index (κ1) is 19.9. The lowest BCUT2D eigenvalue weighted by molar-refractivity contribution is -0.136. The van der Waals surface area contributed by atoms with Gasteiger partial charge in [-0.15, -0.1) is 5.10 Å². The summed E-state index contributed by atoms with van der Waals surface area (Å²) in [4.78, 5) is 55.4. The minimum atomic E-state index is -1.03. The predicted octanol–water partition coefficient (Wildman–Crippen LogP) is 1.88. The summed E-state index contributed by atoms with van der Waals surface area (Å²) in [7, 11) is 0. The van der Waals surface area contributed by atoms with E-state index in [-0.39, 0.29) is 24.0 Å². The van der Waals surface area contributed by atoms with Gasteiger partial charge in [-0.2, -0.15) is 0 Å². The Morgan fingerprint density at radius 1 is 0.941 bits per heavy atom. The molecule has 4 amide bonds. The first-order valence-corrected chi connectivity index (χ1v) is 10.6. The molecule has 2 aliphatic rings. The molecule has 34 heavy (non-hydrogen) atoms. The fraction of sp³-hybridized carbons (Fsp3) is 0.125. The van der Waals surface area contributed by atoms with E-state index in [1.807, 2.05) is 24.3 Å². The second-order valence-electron chi connectivity index (χ2n) is 8.10. The number of piperidine rings is 1. The Hall–Kier alpha value is -4.73. The number of rotatable bonds is 3. The van der Waals surface area contributed by atoms with Crippen molar-refractivity contribution in [2.24, 2.45) is 0 Å². The summed E-state index contributed by atoms with van der Waals surface area (Å²) in [6, 6.07) is 11.5. The van der Waals surface area contributed by atoms with E-state index in [9.17, 15) is 19.2 Å². The third-order valence-electron chi connectivity index (χ3n) is 6.15. The van der Waals surface area contributed by atoms with Gasteiger partial charge >= 0.3 is 0 Å². The normalized spacial score (nSPS) is 17.9. The van der Waals surface area contributed by atoms with E-state index in [1.165, 1.54) is 4.68 Å². The summed E-state index contributed by atoms with van der Waals surface area (Å²) in [5, 5.41) is 12.6. The van der Waals surface area contributed by atoms with E-state index in [0.29, 0.717) is 11.4 Å². The van der Waals surface area contributed by atoms with Gasteiger partial charge in [0.15, 0.2) is 0 Å². The number of nitrogens with zero attached hydrogens (tertiary/aromatic N) is 5. The lowest BCUT2D eigenvalue weighted by Crippen LogP contribution is -2.54. The van der Waals surface area contributed by atoms with E-state index in [1.54, 1.807) is 36.8 Å². The molecule has 2 aromatic carbocycles. The molecule has 10 nitrogen and oxygen atoms in total. The number of benzene rings is 2. The van der Waals surface area contributed by atoms with Crippen LogP contribution in [0, 0.1) is 0 Å². The number of carbonyl (C=O) groups excluding carboxylic acids is 4. The molecule has 4 aromatic rings. The minimum absolute atomic E-state index is 0.0585. The first-order valence-electron chi connectivity index (χ1n) is 10.6. The van der Waals surface area contributed by atoms with Crippen LogP contribution >= 0.6 is 0 Å². The van der Waals surface area contributed by atoms with Gasteiger partial charge in [0.2, 0.25) is 11.8 Å². The molecule has 6 rings (SSSR count). The zero-order valence-corrected chi connectivity index (χ0v) is 17.6. The number of pyridine rings is 1. The summed E-state index contributed by atoms with van der Waals surface area (Å²) in [5.41, 5.74) is 2.11. The molecule has 1 N–H and O–H groups in total. The van der Waals surface area contributed by atoms with Gasteiger partial charge in [0.05, 0.1) is 23.0 Å². The van der Waals surface area contributed by atoms with Crippen LogP contribution in [0.5, 0.6) is 0 Å². The largest absolute Gasteiger partial charge is 0.295 e. The molecule has 0 spiro atoms. The molecular formula is C24H16N6O4. The zero-order valence-electron chi connectivity index (χ0n) is 17.6. The summed E-state index contributed by atoms with van der Waals surface area (Å²) in [5.74, 6) is -2.24. The molecule has 0 radical (unpaired) electrons. The SMILES string of the molecule is O=C1CCC(N2C(=O)c3cccc(-n4cc(-c5cccc6ccncc56)nn4)c3C2=O)C(=O)N1. The van der Waals surface area contributed by atoms with Gasteiger partial charge in [-0.25, -0.2) is 4.68 Å². The molecule has 4 heterocycles. The standard InChI is InChI=1S/C24H16N6O4/c31-20-8-7-19(22(32)26-20)30-23(33)15-5-2-6-18(21(15)24(30)34)29-12-17(27-28-29)14-4-1-3-13-9-10-25-11-16(13)14/h1-6,9-12,19H,7-8H2,(H,26,31,32). The second kappa shape index (κ2) is 7.41. The molecule has 10 heteroatoms. The Labute approximate surface area is 192 Å². The first-order chi connectivity index (χ1) is 16.5. The predicted molar refractivity (Wildman–Crippen MR) is 119 cm³/mol. The summed E-state index contributed by atoms with van der Waals surface area (Å²) in [6.45, 7) is 0. The van der Waals surface area contributed by atoms with Crippen LogP contribution in [0.2, 0.25) is 0 Å². The Morgan fingerprint density at radius 2 is 1.76 bits per heavy atom. The molecule has 0 bridgehead atoms. The quantitative estimate of drug-likeness (QED) is 0.470. The molecule has 2 aliphatic heterocycles. The van der Waals surface area contributed by atoms with Crippen molar-refractivity contribution in [3.8, 4) is 16.9 Å². The Bertz CT molecular complexity index is 1540. The van der Waals surface area contributed by atoms with Crippen LogP contribution in [-0.2, 0) is 9.59 Å². The lowest BCUT2D eigenvalue weighted by atomic mass is 10.0. The van der Waals surface area contributed by atoms with Gasteiger partial charge in [0, 0.05) is 29.8 Å². The van der Waals surface area contributed by atoms with Gasteiger partial charge in [-0.1, -0.05) is 29.5 Å².